The Morgan fingerprint density at radius 3 is 2.76 bits per heavy atom. The molecule has 46 heavy (non-hydrogen) atoms. The van der Waals surface area contributed by atoms with Crippen LogP contribution >= 0.6 is 0 Å². The van der Waals surface area contributed by atoms with Crippen molar-refractivity contribution in [3.8, 4) is 23.0 Å². The minimum absolute atomic E-state index is 0.0424. The largest absolute Gasteiger partial charge is 0.508 e. The standard InChI is InChI=1S/C36H40F2N6O2/c1-2-21-6-3-7-22-14-25(45)15-26(29(21)22)31-30(37)32-27(16-39-31)33(43-17-23-9-10-24(18-43)40-23)42-34(41-32)46-20-35-11-5-13-44(35)28-8-4-12-36(28,38)19-35/h3,6-7,14-16,23-24,28,40,45H,2,4-5,8-13,17-20H2,1H3. The van der Waals surface area contributed by atoms with Crippen LogP contribution in [0.15, 0.2) is 36.5 Å². The van der Waals surface area contributed by atoms with Gasteiger partial charge in [0.25, 0.3) is 0 Å². The zero-order chi connectivity index (χ0) is 31.2. The SMILES string of the molecule is CCc1cccc2cc(O)cc(-c3ncc4c(N5CC6CCC(C5)N6)nc(OCC56CCCN5C5CCCC5(F)C6)nc4c3F)c12. The number of phenolic OH excluding ortho intramolecular Hbond substituents is 1. The number of hydrogen-bond donors (Lipinski definition) is 2. The van der Waals surface area contributed by atoms with Crippen LogP contribution in [0.4, 0.5) is 14.6 Å². The van der Waals surface area contributed by atoms with Gasteiger partial charge in [-0.15, -0.1) is 0 Å². The number of piperazine rings is 1. The van der Waals surface area contributed by atoms with Gasteiger partial charge in [0.05, 0.1) is 10.9 Å². The Bertz CT molecular complexity index is 1860. The lowest BCUT2D eigenvalue weighted by molar-refractivity contribution is 0.0811. The predicted octanol–water partition coefficient (Wildman–Crippen LogP) is 6.07. The third-order valence-corrected chi connectivity index (χ3v) is 11.6. The topological polar surface area (TPSA) is 86.6 Å². The molecule has 1 aliphatic carbocycles. The van der Waals surface area contributed by atoms with E-state index in [2.05, 4.69) is 27.0 Å². The molecule has 0 spiro atoms. The highest BCUT2D eigenvalue weighted by molar-refractivity contribution is 6.01. The molecular weight excluding hydrogens is 586 g/mol. The highest BCUT2D eigenvalue weighted by Gasteiger charge is 2.63. The first-order valence-electron chi connectivity index (χ1n) is 17.0. The summed E-state index contributed by atoms with van der Waals surface area (Å²) < 4.78 is 39.4. The molecule has 6 heterocycles. The number of nitrogens with one attached hydrogen (secondary N) is 1. The van der Waals surface area contributed by atoms with Crippen molar-refractivity contribution in [2.24, 2.45) is 0 Å². The molecule has 2 N–H and O–H groups in total. The molecule has 8 nitrogen and oxygen atoms in total. The number of aryl methyl sites for hydroxylation is 1. The van der Waals surface area contributed by atoms with E-state index in [-0.39, 0.29) is 41.2 Å². The van der Waals surface area contributed by atoms with Gasteiger partial charge < -0.3 is 20.1 Å². The van der Waals surface area contributed by atoms with Gasteiger partial charge in [-0.25, -0.2) is 8.78 Å². The Morgan fingerprint density at radius 2 is 1.93 bits per heavy atom. The summed E-state index contributed by atoms with van der Waals surface area (Å²) in [7, 11) is 0. The van der Waals surface area contributed by atoms with Crippen LogP contribution in [0.3, 0.4) is 0 Å². The van der Waals surface area contributed by atoms with E-state index in [0.717, 1.165) is 80.9 Å². The second kappa shape index (κ2) is 10.4. The van der Waals surface area contributed by atoms with Gasteiger partial charge in [-0.05, 0) is 86.4 Å². The molecule has 2 aromatic carbocycles. The smallest absolute Gasteiger partial charge is 0.319 e. The van der Waals surface area contributed by atoms with Crippen molar-refractivity contribution in [1.82, 2.24) is 25.2 Å². The van der Waals surface area contributed by atoms with Gasteiger partial charge in [0, 0.05) is 49.4 Å². The molecule has 4 aromatic rings. The summed E-state index contributed by atoms with van der Waals surface area (Å²) in [6.07, 6.45) is 9.42. The van der Waals surface area contributed by atoms with Crippen LogP contribution in [-0.2, 0) is 6.42 Å². The zero-order valence-corrected chi connectivity index (χ0v) is 26.2. The number of rotatable bonds is 6. The number of phenols is 1. The molecule has 5 aliphatic rings. The number of fused-ring (bicyclic) bond motifs is 7. The van der Waals surface area contributed by atoms with E-state index in [1.54, 1.807) is 18.3 Å². The maximum absolute atomic E-state index is 16.9. The molecule has 10 heteroatoms. The van der Waals surface area contributed by atoms with Crippen LogP contribution in [0.1, 0.15) is 63.9 Å². The minimum atomic E-state index is -1.16. The Kier molecular flexibility index (Phi) is 6.49. The van der Waals surface area contributed by atoms with Crippen LogP contribution in [0.25, 0.3) is 32.9 Å². The molecular formula is C36H40F2N6O2. The van der Waals surface area contributed by atoms with E-state index in [1.165, 1.54) is 0 Å². The number of alkyl halides is 1. The molecule has 1 saturated carbocycles. The van der Waals surface area contributed by atoms with Crippen LogP contribution in [0.2, 0.25) is 0 Å². The summed E-state index contributed by atoms with van der Waals surface area (Å²) in [5.41, 5.74) is 0.311. The molecule has 4 saturated heterocycles. The van der Waals surface area contributed by atoms with E-state index < -0.39 is 11.5 Å². The first-order chi connectivity index (χ1) is 22.3. The van der Waals surface area contributed by atoms with E-state index in [0.29, 0.717) is 41.7 Å². The lowest BCUT2D eigenvalue weighted by atomic mass is 9.88. The number of anilines is 1. The van der Waals surface area contributed by atoms with Crippen molar-refractivity contribution >= 4 is 27.5 Å². The fourth-order valence-corrected chi connectivity index (χ4v) is 9.70. The summed E-state index contributed by atoms with van der Waals surface area (Å²) in [6.45, 7) is 4.74. The summed E-state index contributed by atoms with van der Waals surface area (Å²) in [5, 5.41) is 16.5. The van der Waals surface area contributed by atoms with Crippen LogP contribution < -0.4 is 15.0 Å². The van der Waals surface area contributed by atoms with Crippen molar-refractivity contribution in [3.63, 3.8) is 0 Å². The Hall–Kier alpha value is -3.63. The van der Waals surface area contributed by atoms with E-state index >= 15 is 8.78 Å². The quantitative estimate of drug-likeness (QED) is 0.267. The number of halogens is 2. The second-order valence-corrected chi connectivity index (χ2v) is 14.3. The van der Waals surface area contributed by atoms with Gasteiger partial charge in [-0.1, -0.05) is 25.1 Å². The average Bonchev–Trinajstić information content (AvgIpc) is 3.78. The van der Waals surface area contributed by atoms with Crippen molar-refractivity contribution in [3.05, 3.63) is 47.9 Å². The molecule has 5 unspecified atom stereocenters. The first kappa shape index (κ1) is 28.6. The van der Waals surface area contributed by atoms with Gasteiger partial charge in [0.15, 0.2) is 5.82 Å². The van der Waals surface area contributed by atoms with Crippen molar-refractivity contribution < 1.29 is 18.6 Å². The maximum Gasteiger partial charge on any atom is 0.319 e. The fourth-order valence-electron chi connectivity index (χ4n) is 9.70. The third-order valence-electron chi connectivity index (χ3n) is 11.6. The number of nitrogens with zero attached hydrogens (tertiary/aromatic N) is 5. The number of aromatic nitrogens is 3. The Labute approximate surface area is 267 Å². The highest BCUT2D eigenvalue weighted by Crippen LogP contribution is 2.55. The molecule has 2 bridgehead atoms. The number of pyridine rings is 1. The number of hydrogen-bond acceptors (Lipinski definition) is 8. The van der Waals surface area contributed by atoms with Gasteiger partial charge >= 0.3 is 6.01 Å². The zero-order valence-electron chi connectivity index (χ0n) is 26.2. The first-order valence-corrected chi connectivity index (χ1v) is 17.0. The molecule has 240 valence electrons. The molecule has 9 rings (SSSR count). The van der Waals surface area contributed by atoms with E-state index in [4.69, 9.17) is 14.7 Å². The monoisotopic (exact) mass is 626 g/mol. The fraction of sp³-hybridized carbons (Fsp3) is 0.528. The Morgan fingerprint density at radius 1 is 1.09 bits per heavy atom. The third kappa shape index (κ3) is 4.32. The molecule has 0 amide bonds. The molecule has 5 fully saturated rings. The van der Waals surface area contributed by atoms with E-state index in [1.807, 2.05) is 18.2 Å². The number of aromatic hydroxyl groups is 1. The minimum Gasteiger partial charge on any atom is -0.508 e. The second-order valence-electron chi connectivity index (χ2n) is 14.3. The summed E-state index contributed by atoms with van der Waals surface area (Å²) in [5.74, 6) is 0.103. The van der Waals surface area contributed by atoms with Crippen LogP contribution in [-0.4, -0.2) is 80.5 Å². The number of ether oxygens (including phenoxy) is 1. The van der Waals surface area contributed by atoms with Crippen molar-refractivity contribution in [1.29, 1.82) is 0 Å². The van der Waals surface area contributed by atoms with Gasteiger partial charge in [0.1, 0.15) is 35.1 Å². The van der Waals surface area contributed by atoms with Crippen molar-refractivity contribution in [2.75, 3.05) is 31.1 Å². The summed E-state index contributed by atoms with van der Waals surface area (Å²) in [4.78, 5) is 18.9. The van der Waals surface area contributed by atoms with Crippen molar-refractivity contribution in [2.45, 2.75) is 94.0 Å². The van der Waals surface area contributed by atoms with Gasteiger partial charge in [0.2, 0.25) is 0 Å². The lowest BCUT2D eigenvalue weighted by Crippen LogP contribution is -2.51. The molecule has 5 atom stereocenters. The number of benzene rings is 2. The molecule has 2 aromatic heterocycles. The Balaban J connectivity index is 1.16. The van der Waals surface area contributed by atoms with Gasteiger partial charge in [-0.2, -0.15) is 9.97 Å². The normalized spacial score (nSPS) is 30.4. The maximum atomic E-state index is 16.9. The molecule has 4 aliphatic heterocycles. The van der Waals surface area contributed by atoms with Gasteiger partial charge in [-0.3, -0.25) is 9.88 Å². The molecule has 0 radical (unpaired) electrons. The summed E-state index contributed by atoms with van der Waals surface area (Å²) in [6, 6.07) is 9.96. The highest BCUT2D eigenvalue weighted by atomic mass is 19.1. The predicted molar refractivity (Wildman–Crippen MR) is 174 cm³/mol. The lowest BCUT2D eigenvalue weighted by Gasteiger charge is -2.35. The van der Waals surface area contributed by atoms with E-state index in [9.17, 15) is 5.11 Å². The average molecular weight is 627 g/mol. The van der Waals surface area contributed by atoms with Crippen LogP contribution in [0.5, 0.6) is 11.8 Å². The summed E-state index contributed by atoms with van der Waals surface area (Å²) >= 11 is 0. The van der Waals surface area contributed by atoms with Crippen LogP contribution in [0, 0.1) is 5.82 Å².